The van der Waals surface area contributed by atoms with Crippen molar-refractivity contribution in [2.24, 2.45) is 23.0 Å². The third kappa shape index (κ3) is 1.93. The summed E-state index contributed by atoms with van der Waals surface area (Å²) in [4.78, 5) is 0. The molecule has 20 heavy (non-hydrogen) atoms. The van der Waals surface area contributed by atoms with Gasteiger partial charge in [-0.2, -0.15) is 0 Å². The number of hydrogen-bond donors (Lipinski definition) is 2. The van der Waals surface area contributed by atoms with Gasteiger partial charge in [0.25, 0.3) is 0 Å². The van der Waals surface area contributed by atoms with Crippen molar-refractivity contribution in [2.45, 2.75) is 51.6 Å². The molecule has 3 rings (SSSR count). The molecule has 3 atom stereocenters. The van der Waals surface area contributed by atoms with Crippen molar-refractivity contribution in [3.8, 4) is 0 Å². The average molecular weight is 273 g/mol. The predicted molar refractivity (Wildman–Crippen MR) is 82.5 cm³/mol. The Balaban J connectivity index is 1.95. The number of aliphatic hydroxyl groups is 1. The summed E-state index contributed by atoms with van der Waals surface area (Å²) in [5, 5.41) is 11.5. The fourth-order valence-electron chi connectivity index (χ4n) is 4.74. The zero-order chi connectivity index (χ0) is 14.4. The molecule has 0 amide bonds. The maximum atomic E-state index is 11.5. The Bertz CT molecular complexity index is 473. The van der Waals surface area contributed by atoms with Crippen LogP contribution in [0.4, 0.5) is 0 Å². The van der Waals surface area contributed by atoms with Gasteiger partial charge in [-0.3, -0.25) is 0 Å². The Labute approximate surface area is 122 Å². The summed E-state index contributed by atoms with van der Waals surface area (Å²) < 4.78 is 0. The molecule has 2 aliphatic rings. The second-order valence-corrected chi connectivity index (χ2v) is 7.31. The summed E-state index contributed by atoms with van der Waals surface area (Å²) in [5.74, 6) is 1.06. The molecule has 2 heteroatoms. The molecule has 3 unspecified atom stereocenters. The van der Waals surface area contributed by atoms with Crippen molar-refractivity contribution in [2.75, 3.05) is 6.54 Å². The summed E-state index contributed by atoms with van der Waals surface area (Å²) in [6, 6.07) is 8.60. The monoisotopic (exact) mass is 273 g/mol. The van der Waals surface area contributed by atoms with Crippen molar-refractivity contribution in [3.63, 3.8) is 0 Å². The summed E-state index contributed by atoms with van der Waals surface area (Å²) in [5.41, 5.74) is 8.21. The highest BCUT2D eigenvalue weighted by atomic mass is 16.3. The Kier molecular flexibility index (Phi) is 3.42. The van der Waals surface area contributed by atoms with E-state index in [2.05, 4.69) is 38.1 Å². The first-order chi connectivity index (χ1) is 9.51. The third-order valence-electron chi connectivity index (χ3n) is 6.07. The smallest absolute Gasteiger partial charge is 0.0747 e. The van der Waals surface area contributed by atoms with Gasteiger partial charge in [-0.15, -0.1) is 0 Å². The largest absolute Gasteiger partial charge is 0.389 e. The summed E-state index contributed by atoms with van der Waals surface area (Å²) >= 11 is 0. The molecule has 3 N–H and O–H groups in total. The van der Waals surface area contributed by atoms with E-state index in [0.717, 1.165) is 38.0 Å². The van der Waals surface area contributed by atoms with Crippen molar-refractivity contribution in [3.05, 3.63) is 35.4 Å². The number of benzene rings is 1. The molecule has 1 aromatic rings. The Morgan fingerprint density at radius 1 is 1.20 bits per heavy atom. The van der Waals surface area contributed by atoms with E-state index in [1.807, 2.05) is 0 Å². The second kappa shape index (κ2) is 4.85. The van der Waals surface area contributed by atoms with Gasteiger partial charge in [0.15, 0.2) is 0 Å². The van der Waals surface area contributed by atoms with Crippen molar-refractivity contribution < 1.29 is 5.11 Å². The van der Waals surface area contributed by atoms with Crippen molar-refractivity contribution >= 4 is 0 Å². The Hall–Kier alpha value is -0.860. The summed E-state index contributed by atoms with van der Waals surface area (Å²) in [7, 11) is 0. The molecule has 2 aliphatic carbocycles. The number of fused-ring (bicyclic) bond motifs is 1. The van der Waals surface area contributed by atoms with Crippen LogP contribution < -0.4 is 5.73 Å². The molecular weight excluding hydrogens is 246 g/mol. The van der Waals surface area contributed by atoms with E-state index < -0.39 is 5.60 Å². The number of nitrogens with two attached hydrogens (primary N) is 1. The van der Waals surface area contributed by atoms with Gasteiger partial charge in [0, 0.05) is 12.0 Å². The Morgan fingerprint density at radius 2 is 1.80 bits per heavy atom. The van der Waals surface area contributed by atoms with Crippen LogP contribution in [0.2, 0.25) is 0 Å². The van der Waals surface area contributed by atoms with Gasteiger partial charge >= 0.3 is 0 Å². The molecule has 0 aliphatic heterocycles. The molecule has 1 saturated carbocycles. The van der Waals surface area contributed by atoms with Crippen LogP contribution in [0.5, 0.6) is 0 Å². The molecule has 0 spiro atoms. The van der Waals surface area contributed by atoms with Crippen LogP contribution in [0.25, 0.3) is 0 Å². The number of rotatable bonds is 2. The maximum Gasteiger partial charge on any atom is 0.0747 e. The minimum absolute atomic E-state index is 0.157. The summed E-state index contributed by atoms with van der Waals surface area (Å²) in [6.45, 7) is 5.10. The molecule has 2 nitrogen and oxygen atoms in total. The topological polar surface area (TPSA) is 46.2 Å². The van der Waals surface area contributed by atoms with Crippen molar-refractivity contribution in [1.29, 1.82) is 0 Å². The van der Waals surface area contributed by atoms with Gasteiger partial charge < -0.3 is 10.8 Å². The predicted octanol–water partition coefficient (Wildman–Crippen LogP) is 2.92. The highest BCUT2D eigenvalue weighted by molar-refractivity contribution is 5.36. The van der Waals surface area contributed by atoms with Gasteiger partial charge in [0.05, 0.1) is 5.60 Å². The van der Waals surface area contributed by atoms with E-state index in [9.17, 15) is 5.11 Å². The fourth-order valence-corrected chi connectivity index (χ4v) is 4.74. The zero-order valence-electron chi connectivity index (χ0n) is 12.7. The molecule has 0 aromatic heterocycles. The van der Waals surface area contributed by atoms with E-state index in [0.29, 0.717) is 12.5 Å². The molecule has 110 valence electrons. The lowest BCUT2D eigenvalue weighted by Gasteiger charge is -2.52. The van der Waals surface area contributed by atoms with Gasteiger partial charge in [-0.05, 0) is 55.1 Å². The van der Waals surface area contributed by atoms with E-state index in [1.165, 1.54) is 11.1 Å². The third-order valence-corrected chi connectivity index (χ3v) is 6.07. The lowest BCUT2D eigenvalue weighted by Crippen LogP contribution is -2.59. The van der Waals surface area contributed by atoms with Crippen LogP contribution in [0.1, 0.15) is 44.2 Å². The van der Waals surface area contributed by atoms with Gasteiger partial charge in [0.1, 0.15) is 0 Å². The van der Waals surface area contributed by atoms with Crippen LogP contribution in [0, 0.1) is 17.3 Å². The Morgan fingerprint density at radius 3 is 2.30 bits per heavy atom. The van der Waals surface area contributed by atoms with E-state index >= 15 is 0 Å². The minimum atomic E-state index is -0.604. The zero-order valence-corrected chi connectivity index (χ0v) is 12.7. The molecule has 0 radical (unpaired) electrons. The van der Waals surface area contributed by atoms with Crippen molar-refractivity contribution in [1.82, 2.24) is 0 Å². The van der Waals surface area contributed by atoms with Crippen LogP contribution in [0.15, 0.2) is 24.3 Å². The first kappa shape index (κ1) is 14.1. The molecule has 0 bridgehead atoms. The summed E-state index contributed by atoms with van der Waals surface area (Å²) in [6.07, 6.45) is 5.03. The first-order valence-corrected chi connectivity index (χ1v) is 8.00. The number of hydrogen-bond acceptors (Lipinski definition) is 2. The average Bonchev–Trinajstić information content (AvgIpc) is 2.83. The lowest BCUT2D eigenvalue weighted by molar-refractivity contribution is -0.143. The van der Waals surface area contributed by atoms with Gasteiger partial charge in [-0.1, -0.05) is 38.1 Å². The molecular formula is C18H27NO. The van der Waals surface area contributed by atoms with E-state index in [-0.39, 0.29) is 5.41 Å². The standard InChI is InChI=1S/C18H27NO/c1-13-7-8-18(20,14(2)9-13)17(12-19)10-15-5-3-4-6-16(15)11-17/h3-6,13-14,20H,7-12,19H2,1-2H3. The van der Waals surface area contributed by atoms with Crippen LogP contribution in [0.3, 0.4) is 0 Å². The second-order valence-electron chi connectivity index (χ2n) is 7.31. The molecule has 1 fully saturated rings. The van der Waals surface area contributed by atoms with Gasteiger partial charge in [-0.25, -0.2) is 0 Å². The fraction of sp³-hybridized carbons (Fsp3) is 0.667. The van der Waals surface area contributed by atoms with Crippen LogP contribution >= 0.6 is 0 Å². The highest BCUT2D eigenvalue weighted by Crippen LogP contribution is 2.53. The quantitative estimate of drug-likeness (QED) is 0.870. The van der Waals surface area contributed by atoms with E-state index in [1.54, 1.807) is 0 Å². The first-order valence-electron chi connectivity index (χ1n) is 8.00. The van der Waals surface area contributed by atoms with Crippen LogP contribution in [-0.4, -0.2) is 17.3 Å². The van der Waals surface area contributed by atoms with E-state index in [4.69, 9.17) is 5.73 Å². The molecule has 0 saturated heterocycles. The highest BCUT2D eigenvalue weighted by Gasteiger charge is 2.55. The maximum absolute atomic E-state index is 11.5. The van der Waals surface area contributed by atoms with Gasteiger partial charge in [0.2, 0.25) is 0 Å². The molecule has 0 heterocycles. The van der Waals surface area contributed by atoms with Crippen LogP contribution in [-0.2, 0) is 12.8 Å². The SMILES string of the molecule is CC1CCC(O)(C2(CN)Cc3ccccc3C2)C(C)C1. The lowest BCUT2D eigenvalue weighted by atomic mass is 9.57. The molecule has 1 aromatic carbocycles. The minimum Gasteiger partial charge on any atom is -0.389 e. The normalized spacial score (nSPS) is 35.8.